The van der Waals surface area contributed by atoms with Crippen LogP contribution in [0.15, 0.2) is 12.2 Å². The van der Waals surface area contributed by atoms with E-state index in [1.54, 1.807) is 6.08 Å². The predicted octanol–water partition coefficient (Wildman–Crippen LogP) is 0.325. The Balaban J connectivity index is 2.59. The van der Waals surface area contributed by atoms with Gasteiger partial charge in [-0.2, -0.15) is 0 Å². The Hall–Kier alpha value is -1.65. The Labute approximate surface area is 81.5 Å². The monoisotopic (exact) mass is 196 g/mol. The van der Waals surface area contributed by atoms with Crippen LogP contribution in [0.4, 0.5) is 4.79 Å². The van der Waals surface area contributed by atoms with Crippen molar-refractivity contribution in [1.82, 2.24) is 10.6 Å². The molecule has 0 aliphatic carbocycles. The van der Waals surface area contributed by atoms with Crippen LogP contribution >= 0.6 is 0 Å². The Morgan fingerprint density at radius 1 is 1.14 bits per heavy atom. The van der Waals surface area contributed by atoms with Crippen LogP contribution in [0.2, 0.25) is 0 Å². The minimum atomic E-state index is -0.782. The molecular weight excluding hydrogens is 184 g/mol. The summed E-state index contributed by atoms with van der Waals surface area (Å²) in [5.41, 5.74) is 0. The fourth-order valence-corrected chi connectivity index (χ4v) is 1.16. The van der Waals surface area contributed by atoms with Crippen LogP contribution < -0.4 is 10.6 Å². The highest BCUT2D eigenvalue weighted by molar-refractivity contribution is 6.16. The Morgan fingerprint density at radius 2 is 1.71 bits per heavy atom. The zero-order valence-corrected chi connectivity index (χ0v) is 7.87. The molecule has 0 spiro atoms. The van der Waals surface area contributed by atoms with E-state index < -0.39 is 23.8 Å². The van der Waals surface area contributed by atoms with Crippen molar-refractivity contribution < 1.29 is 14.4 Å². The molecule has 14 heavy (non-hydrogen) atoms. The van der Waals surface area contributed by atoms with E-state index in [1.165, 1.54) is 0 Å². The van der Waals surface area contributed by atoms with Crippen molar-refractivity contribution >= 4 is 17.8 Å². The molecule has 0 saturated carbocycles. The molecule has 1 saturated heterocycles. The van der Waals surface area contributed by atoms with E-state index in [-0.39, 0.29) is 0 Å². The summed E-state index contributed by atoms with van der Waals surface area (Å²) >= 11 is 0. The third kappa shape index (κ3) is 2.42. The molecule has 4 amide bonds. The van der Waals surface area contributed by atoms with Crippen LogP contribution in [0.1, 0.15) is 19.8 Å². The highest BCUT2D eigenvalue weighted by Crippen LogP contribution is 2.08. The van der Waals surface area contributed by atoms with Crippen molar-refractivity contribution in [1.29, 1.82) is 0 Å². The smallest absolute Gasteiger partial charge is 0.277 e. The molecule has 76 valence electrons. The van der Waals surface area contributed by atoms with Gasteiger partial charge in [0, 0.05) is 0 Å². The lowest BCUT2D eigenvalue weighted by atomic mass is 10.0. The third-order valence-electron chi connectivity index (χ3n) is 1.88. The molecule has 0 aromatic carbocycles. The predicted molar refractivity (Wildman–Crippen MR) is 49.2 cm³/mol. The SMILES string of the molecule is CCC=CCC1C(=O)NC(=O)NC1=O. The number of allylic oxidation sites excluding steroid dienone is 2. The van der Waals surface area contributed by atoms with Gasteiger partial charge in [0.1, 0.15) is 5.92 Å². The van der Waals surface area contributed by atoms with Crippen LogP contribution in [0, 0.1) is 5.92 Å². The molecule has 5 heteroatoms. The van der Waals surface area contributed by atoms with Gasteiger partial charge in [0.05, 0.1) is 0 Å². The van der Waals surface area contributed by atoms with Crippen molar-refractivity contribution in [3.63, 3.8) is 0 Å². The van der Waals surface area contributed by atoms with Crippen molar-refractivity contribution in [3.8, 4) is 0 Å². The Morgan fingerprint density at radius 3 is 2.21 bits per heavy atom. The maximum Gasteiger partial charge on any atom is 0.328 e. The van der Waals surface area contributed by atoms with Crippen LogP contribution in [0.25, 0.3) is 0 Å². The molecule has 1 heterocycles. The number of nitrogens with one attached hydrogen (secondary N) is 2. The summed E-state index contributed by atoms with van der Waals surface area (Å²) in [5, 5.41) is 4.09. The summed E-state index contributed by atoms with van der Waals surface area (Å²) in [6.07, 6.45) is 4.82. The van der Waals surface area contributed by atoms with Crippen LogP contribution in [-0.2, 0) is 9.59 Å². The standard InChI is InChI=1S/C9H12N2O3/c1-2-3-4-5-6-7(12)10-9(14)11-8(6)13/h3-4,6H,2,5H2,1H3,(H2,10,11,12,13,14). The van der Waals surface area contributed by atoms with Gasteiger partial charge in [0.2, 0.25) is 11.8 Å². The Kier molecular flexibility index (Phi) is 3.39. The number of imide groups is 2. The van der Waals surface area contributed by atoms with Gasteiger partial charge in [0.25, 0.3) is 0 Å². The average molecular weight is 196 g/mol. The molecule has 0 aromatic rings. The second kappa shape index (κ2) is 4.55. The third-order valence-corrected chi connectivity index (χ3v) is 1.88. The zero-order chi connectivity index (χ0) is 10.6. The number of carbonyl (C=O) groups excluding carboxylic acids is 3. The molecule has 1 fully saturated rings. The largest absolute Gasteiger partial charge is 0.328 e. The van der Waals surface area contributed by atoms with Gasteiger partial charge in [0.15, 0.2) is 0 Å². The molecule has 0 unspecified atom stereocenters. The topological polar surface area (TPSA) is 75.3 Å². The first kappa shape index (κ1) is 10.4. The summed E-state index contributed by atoms with van der Waals surface area (Å²) in [6.45, 7) is 1.96. The molecule has 0 atom stereocenters. The van der Waals surface area contributed by atoms with Gasteiger partial charge in [-0.25, -0.2) is 4.79 Å². The molecule has 1 aliphatic heterocycles. The van der Waals surface area contributed by atoms with Gasteiger partial charge < -0.3 is 0 Å². The van der Waals surface area contributed by atoms with E-state index in [4.69, 9.17) is 0 Å². The number of rotatable bonds is 3. The minimum Gasteiger partial charge on any atom is -0.277 e. The fourth-order valence-electron chi connectivity index (χ4n) is 1.16. The van der Waals surface area contributed by atoms with Crippen LogP contribution in [-0.4, -0.2) is 17.8 Å². The first-order chi connectivity index (χ1) is 6.65. The van der Waals surface area contributed by atoms with Crippen LogP contribution in [0.5, 0.6) is 0 Å². The van der Waals surface area contributed by atoms with E-state index in [9.17, 15) is 14.4 Å². The number of hydrogen-bond acceptors (Lipinski definition) is 3. The number of carbonyl (C=O) groups is 3. The number of amides is 4. The first-order valence-electron chi connectivity index (χ1n) is 4.45. The average Bonchev–Trinajstić information content (AvgIpc) is 2.09. The lowest BCUT2D eigenvalue weighted by Crippen LogP contribution is -2.55. The highest BCUT2D eigenvalue weighted by Gasteiger charge is 2.32. The maximum absolute atomic E-state index is 11.2. The number of urea groups is 1. The second-order valence-corrected chi connectivity index (χ2v) is 2.98. The van der Waals surface area contributed by atoms with E-state index in [1.807, 2.05) is 23.6 Å². The van der Waals surface area contributed by atoms with Crippen molar-refractivity contribution in [2.75, 3.05) is 0 Å². The quantitative estimate of drug-likeness (QED) is 0.504. The summed E-state index contributed by atoms with van der Waals surface area (Å²) in [4.78, 5) is 33.0. The molecule has 0 aromatic heterocycles. The Bertz CT molecular complexity index is 276. The molecule has 2 N–H and O–H groups in total. The summed E-state index contributed by atoms with van der Waals surface area (Å²) in [6, 6.07) is -0.740. The van der Waals surface area contributed by atoms with Gasteiger partial charge in [-0.1, -0.05) is 19.1 Å². The molecule has 1 aliphatic rings. The van der Waals surface area contributed by atoms with Crippen molar-refractivity contribution in [3.05, 3.63) is 12.2 Å². The molecule has 1 rings (SSSR count). The molecule has 0 radical (unpaired) electrons. The lowest BCUT2D eigenvalue weighted by molar-refractivity contribution is -0.135. The number of barbiturate groups is 1. The second-order valence-electron chi connectivity index (χ2n) is 2.98. The van der Waals surface area contributed by atoms with Gasteiger partial charge in [-0.05, 0) is 12.8 Å². The summed E-state index contributed by atoms with van der Waals surface area (Å²) < 4.78 is 0. The van der Waals surface area contributed by atoms with Gasteiger partial charge in [-0.3, -0.25) is 20.2 Å². The van der Waals surface area contributed by atoms with Crippen molar-refractivity contribution in [2.45, 2.75) is 19.8 Å². The lowest BCUT2D eigenvalue weighted by Gasteiger charge is -2.18. The summed E-state index contributed by atoms with van der Waals surface area (Å²) in [5.74, 6) is -1.84. The van der Waals surface area contributed by atoms with Crippen molar-refractivity contribution in [2.24, 2.45) is 5.92 Å². The first-order valence-corrected chi connectivity index (χ1v) is 4.45. The maximum atomic E-state index is 11.2. The normalized spacial score (nSPS) is 18.5. The molecule has 0 bridgehead atoms. The van der Waals surface area contributed by atoms with E-state index in [0.29, 0.717) is 6.42 Å². The van der Waals surface area contributed by atoms with Crippen LogP contribution in [0.3, 0.4) is 0 Å². The molecule has 5 nitrogen and oxygen atoms in total. The molecular formula is C9H12N2O3. The highest BCUT2D eigenvalue weighted by atomic mass is 16.2. The van der Waals surface area contributed by atoms with E-state index in [2.05, 4.69) is 0 Å². The van der Waals surface area contributed by atoms with Gasteiger partial charge >= 0.3 is 6.03 Å². The zero-order valence-electron chi connectivity index (χ0n) is 7.87. The minimum absolute atomic E-state index is 0.332. The van der Waals surface area contributed by atoms with Gasteiger partial charge in [-0.15, -0.1) is 0 Å². The number of hydrogen-bond donors (Lipinski definition) is 2. The van der Waals surface area contributed by atoms with E-state index in [0.717, 1.165) is 6.42 Å². The van der Waals surface area contributed by atoms with E-state index >= 15 is 0 Å². The fraction of sp³-hybridized carbons (Fsp3) is 0.444. The summed E-state index contributed by atoms with van der Waals surface area (Å²) in [7, 11) is 0.